The number of rotatable bonds is 3. The Morgan fingerprint density at radius 2 is 2.06 bits per heavy atom. The molecule has 4 nitrogen and oxygen atoms in total. The Labute approximate surface area is 87.5 Å². The number of nitriles is 1. The first-order valence-electron chi connectivity index (χ1n) is 3.86. The molecule has 0 atom stereocenters. The first-order chi connectivity index (χ1) is 7.35. The van der Waals surface area contributed by atoms with Crippen LogP contribution in [0, 0.1) is 17.1 Å². The Morgan fingerprint density at radius 3 is 2.56 bits per heavy atom. The van der Waals surface area contributed by atoms with Crippen LogP contribution in [0.15, 0.2) is 18.2 Å². The summed E-state index contributed by atoms with van der Waals surface area (Å²) in [5.74, 6) is -4.21. The van der Waals surface area contributed by atoms with Crippen molar-refractivity contribution in [1.29, 1.82) is 5.26 Å². The zero-order chi connectivity index (χ0) is 12.3. The number of carbonyl (C=O) groups is 1. The van der Waals surface area contributed by atoms with Crippen molar-refractivity contribution < 1.29 is 27.8 Å². The third-order valence-electron chi connectivity index (χ3n) is 1.50. The summed E-state index contributed by atoms with van der Waals surface area (Å²) in [5.41, 5.74) is -0.254. The molecule has 0 aliphatic rings. The van der Waals surface area contributed by atoms with Gasteiger partial charge in [-0.25, -0.2) is 9.18 Å². The van der Waals surface area contributed by atoms with E-state index >= 15 is 0 Å². The van der Waals surface area contributed by atoms with E-state index in [4.69, 9.17) is 10.4 Å². The molecule has 0 radical (unpaired) electrons. The molecule has 0 bridgehead atoms. The third kappa shape index (κ3) is 2.63. The van der Waals surface area contributed by atoms with Gasteiger partial charge in [0.05, 0.1) is 11.6 Å². The van der Waals surface area contributed by atoms with E-state index in [0.29, 0.717) is 6.07 Å². The first-order valence-corrected chi connectivity index (χ1v) is 3.86. The molecule has 0 aromatic heterocycles. The van der Waals surface area contributed by atoms with Crippen molar-refractivity contribution in [2.45, 2.75) is 6.11 Å². The van der Waals surface area contributed by atoms with Crippen LogP contribution in [0.1, 0.15) is 5.56 Å². The Hall–Kier alpha value is -2.23. The van der Waals surface area contributed by atoms with Gasteiger partial charge in [0, 0.05) is 6.07 Å². The molecular weight excluding hydrogens is 227 g/mol. The summed E-state index contributed by atoms with van der Waals surface area (Å²) in [5, 5.41) is 16.5. The van der Waals surface area contributed by atoms with E-state index in [9.17, 15) is 18.0 Å². The Morgan fingerprint density at radius 1 is 1.44 bits per heavy atom. The van der Waals surface area contributed by atoms with E-state index in [0.717, 1.165) is 12.1 Å². The van der Waals surface area contributed by atoms with E-state index < -0.39 is 23.6 Å². The molecule has 0 unspecified atom stereocenters. The van der Waals surface area contributed by atoms with Gasteiger partial charge < -0.3 is 9.84 Å². The van der Waals surface area contributed by atoms with Gasteiger partial charge in [-0.05, 0) is 12.1 Å². The molecule has 84 valence electrons. The average Bonchev–Trinajstić information content (AvgIpc) is 2.15. The van der Waals surface area contributed by atoms with Crippen molar-refractivity contribution in [1.82, 2.24) is 0 Å². The number of alkyl halides is 2. The smallest absolute Gasteiger partial charge is 0.474 e. The fraction of sp³-hybridized carbons (Fsp3) is 0.111. The zero-order valence-corrected chi connectivity index (χ0v) is 7.58. The number of ether oxygens (including phenoxy) is 1. The maximum Gasteiger partial charge on any atom is 0.501 e. The molecule has 0 aliphatic heterocycles. The highest BCUT2D eigenvalue weighted by Gasteiger charge is 2.42. The third-order valence-corrected chi connectivity index (χ3v) is 1.50. The number of carboxylic acid groups (broad SMARTS) is 1. The van der Waals surface area contributed by atoms with Gasteiger partial charge in [-0.3, -0.25) is 0 Å². The highest BCUT2D eigenvalue weighted by atomic mass is 19.3. The predicted octanol–water partition coefficient (Wildman–Crippen LogP) is 1.75. The highest BCUT2D eigenvalue weighted by molar-refractivity contribution is 5.73. The topological polar surface area (TPSA) is 70.3 Å². The van der Waals surface area contributed by atoms with Crippen LogP contribution in [0.3, 0.4) is 0 Å². The van der Waals surface area contributed by atoms with Crippen molar-refractivity contribution in [2.75, 3.05) is 0 Å². The second kappa shape index (κ2) is 4.10. The molecule has 0 saturated heterocycles. The van der Waals surface area contributed by atoms with E-state index in [-0.39, 0.29) is 5.56 Å². The summed E-state index contributed by atoms with van der Waals surface area (Å²) in [6.45, 7) is 0. The fourth-order valence-electron chi connectivity index (χ4n) is 0.878. The van der Waals surface area contributed by atoms with Crippen molar-refractivity contribution >= 4 is 5.97 Å². The van der Waals surface area contributed by atoms with Crippen LogP contribution < -0.4 is 4.74 Å². The van der Waals surface area contributed by atoms with E-state index in [1.54, 1.807) is 0 Å². The maximum atomic E-state index is 12.8. The summed E-state index contributed by atoms with van der Waals surface area (Å²) < 4.78 is 41.7. The van der Waals surface area contributed by atoms with Crippen molar-refractivity contribution in [2.24, 2.45) is 0 Å². The van der Waals surface area contributed by atoms with Gasteiger partial charge >= 0.3 is 12.1 Å². The quantitative estimate of drug-likeness (QED) is 0.860. The Balaban J connectivity index is 3.03. The van der Waals surface area contributed by atoms with Crippen LogP contribution >= 0.6 is 0 Å². The SMILES string of the molecule is N#Cc1cc(F)cc(OC(F)(F)C(=O)O)c1. The number of carboxylic acids is 1. The minimum absolute atomic E-state index is 0.254. The summed E-state index contributed by atoms with van der Waals surface area (Å²) in [6, 6.07) is 3.67. The van der Waals surface area contributed by atoms with Gasteiger partial charge in [-0.15, -0.1) is 0 Å². The minimum Gasteiger partial charge on any atom is -0.474 e. The van der Waals surface area contributed by atoms with Gasteiger partial charge in [0.1, 0.15) is 11.6 Å². The lowest BCUT2D eigenvalue weighted by molar-refractivity contribution is -0.210. The largest absolute Gasteiger partial charge is 0.501 e. The fourth-order valence-corrected chi connectivity index (χ4v) is 0.878. The van der Waals surface area contributed by atoms with Gasteiger partial charge in [0.2, 0.25) is 0 Å². The summed E-state index contributed by atoms with van der Waals surface area (Å²) in [7, 11) is 0. The zero-order valence-electron chi connectivity index (χ0n) is 7.58. The minimum atomic E-state index is -4.47. The lowest BCUT2D eigenvalue weighted by Gasteiger charge is -2.13. The Kier molecular flexibility index (Phi) is 3.04. The molecule has 16 heavy (non-hydrogen) atoms. The highest BCUT2D eigenvalue weighted by Crippen LogP contribution is 2.23. The van der Waals surface area contributed by atoms with E-state index in [2.05, 4.69) is 4.74 Å². The number of benzene rings is 1. The number of halogens is 3. The number of hydrogen-bond donors (Lipinski definition) is 1. The molecule has 0 heterocycles. The van der Waals surface area contributed by atoms with Crippen LogP contribution in [-0.2, 0) is 4.79 Å². The monoisotopic (exact) mass is 231 g/mol. The van der Waals surface area contributed by atoms with Gasteiger partial charge in [0.15, 0.2) is 0 Å². The average molecular weight is 231 g/mol. The van der Waals surface area contributed by atoms with Crippen LogP contribution in [0.4, 0.5) is 13.2 Å². The van der Waals surface area contributed by atoms with E-state index in [1.807, 2.05) is 0 Å². The molecule has 1 N–H and O–H groups in total. The summed E-state index contributed by atoms with van der Waals surface area (Å²) in [6.07, 6.45) is -4.47. The molecule has 0 amide bonds. The summed E-state index contributed by atoms with van der Waals surface area (Å²) in [4.78, 5) is 10.0. The normalized spacial score (nSPS) is 10.6. The number of hydrogen-bond acceptors (Lipinski definition) is 3. The van der Waals surface area contributed by atoms with Crippen LogP contribution in [-0.4, -0.2) is 17.2 Å². The van der Waals surface area contributed by atoms with Gasteiger partial charge in [-0.2, -0.15) is 14.0 Å². The van der Waals surface area contributed by atoms with Crippen molar-refractivity contribution in [3.05, 3.63) is 29.6 Å². The standard InChI is InChI=1S/C9H4F3NO3/c10-6-1-5(4-13)2-7(3-6)16-9(11,12)8(14)15/h1-3H,(H,14,15). The van der Waals surface area contributed by atoms with Crippen molar-refractivity contribution in [3.63, 3.8) is 0 Å². The second-order valence-corrected chi connectivity index (χ2v) is 2.71. The summed E-state index contributed by atoms with van der Waals surface area (Å²) >= 11 is 0. The Bertz CT molecular complexity index is 468. The lowest BCUT2D eigenvalue weighted by Crippen LogP contribution is -2.34. The van der Waals surface area contributed by atoms with Crippen LogP contribution in [0.2, 0.25) is 0 Å². The first kappa shape index (κ1) is 11.8. The van der Waals surface area contributed by atoms with E-state index in [1.165, 1.54) is 6.07 Å². The van der Waals surface area contributed by atoms with Gasteiger partial charge in [0.25, 0.3) is 0 Å². The van der Waals surface area contributed by atoms with Crippen molar-refractivity contribution in [3.8, 4) is 11.8 Å². The van der Waals surface area contributed by atoms with Crippen LogP contribution in [0.25, 0.3) is 0 Å². The molecule has 0 spiro atoms. The molecule has 0 fully saturated rings. The maximum absolute atomic E-state index is 12.8. The predicted molar refractivity (Wildman–Crippen MR) is 44.3 cm³/mol. The lowest BCUT2D eigenvalue weighted by atomic mass is 10.2. The van der Waals surface area contributed by atoms with Gasteiger partial charge in [-0.1, -0.05) is 0 Å². The molecule has 0 aliphatic carbocycles. The van der Waals surface area contributed by atoms with Crippen LogP contribution in [0.5, 0.6) is 5.75 Å². The number of nitrogens with zero attached hydrogens (tertiary/aromatic N) is 1. The molecule has 7 heteroatoms. The molecule has 0 saturated carbocycles. The molecular formula is C9H4F3NO3. The molecule has 1 aromatic rings. The molecule has 1 aromatic carbocycles. The molecule has 1 rings (SSSR count). The second-order valence-electron chi connectivity index (χ2n) is 2.71. The number of aliphatic carboxylic acids is 1.